The summed E-state index contributed by atoms with van der Waals surface area (Å²) >= 11 is 0. The van der Waals surface area contributed by atoms with E-state index in [0.29, 0.717) is 12.2 Å². The third-order valence-electron chi connectivity index (χ3n) is 3.19. The summed E-state index contributed by atoms with van der Waals surface area (Å²) in [4.78, 5) is 16.6. The predicted molar refractivity (Wildman–Crippen MR) is 70.3 cm³/mol. The normalized spacial score (nSPS) is 22.1. The van der Waals surface area contributed by atoms with Gasteiger partial charge in [0, 0.05) is 6.42 Å². The number of furan rings is 1. The SMILES string of the molecule is NC1=N[C@@](Cc2ccco2)(c2ccccc2)C(=O)N1. The molecule has 0 saturated heterocycles. The van der Waals surface area contributed by atoms with E-state index < -0.39 is 5.54 Å². The van der Waals surface area contributed by atoms with Gasteiger partial charge in [0.1, 0.15) is 5.76 Å². The largest absolute Gasteiger partial charge is 0.469 e. The number of aliphatic imine (C=N–C) groups is 1. The topological polar surface area (TPSA) is 80.6 Å². The van der Waals surface area contributed by atoms with Crippen molar-refractivity contribution in [3.63, 3.8) is 0 Å². The molecule has 3 N–H and O–H groups in total. The average molecular weight is 255 g/mol. The lowest BCUT2D eigenvalue weighted by atomic mass is 9.86. The van der Waals surface area contributed by atoms with Crippen LogP contribution in [0.1, 0.15) is 11.3 Å². The summed E-state index contributed by atoms with van der Waals surface area (Å²) in [7, 11) is 0. The minimum atomic E-state index is -1.04. The predicted octanol–water partition coefficient (Wildman–Crippen LogP) is 1.16. The molecule has 5 heteroatoms. The van der Waals surface area contributed by atoms with Gasteiger partial charge >= 0.3 is 0 Å². The fourth-order valence-electron chi connectivity index (χ4n) is 2.30. The lowest BCUT2D eigenvalue weighted by molar-refractivity contribution is -0.124. The zero-order chi connectivity index (χ0) is 13.3. The smallest absolute Gasteiger partial charge is 0.259 e. The number of carbonyl (C=O) groups excluding carboxylic acids is 1. The first-order valence-corrected chi connectivity index (χ1v) is 5.95. The molecule has 1 aromatic heterocycles. The molecule has 2 heterocycles. The van der Waals surface area contributed by atoms with E-state index in [-0.39, 0.29) is 11.9 Å². The first-order valence-electron chi connectivity index (χ1n) is 5.95. The number of rotatable bonds is 3. The molecular formula is C14H13N3O2. The molecule has 0 bridgehead atoms. The second kappa shape index (κ2) is 4.28. The lowest BCUT2D eigenvalue weighted by Crippen LogP contribution is -2.40. The lowest BCUT2D eigenvalue weighted by Gasteiger charge is -2.22. The fraction of sp³-hybridized carbons (Fsp3) is 0.143. The highest BCUT2D eigenvalue weighted by Gasteiger charge is 2.45. The van der Waals surface area contributed by atoms with Crippen LogP contribution in [0.5, 0.6) is 0 Å². The molecule has 96 valence electrons. The van der Waals surface area contributed by atoms with Crippen molar-refractivity contribution in [1.29, 1.82) is 0 Å². The molecule has 0 spiro atoms. The summed E-state index contributed by atoms with van der Waals surface area (Å²) in [5.41, 5.74) is 5.41. The van der Waals surface area contributed by atoms with Crippen molar-refractivity contribution in [2.24, 2.45) is 10.7 Å². The van der Waals surface area contributed by atoms with Crippen molar-refractivity contribution in [2.75, 3.05) is 0 Å². The summed E-state index contributed by atoms with van der Waals surface area (Å²) in [5, 5.41) is 2.57. The monoisotopic (exact) mass is 255 g/mol. The maximum absolute atomic E-state index is 12.3. The van der Waals surface area contributed by atoms with Crippen molar-refractivity contribution < 1.29 is 9.21 Å². The number of benzene rings is 1. The van der Waals surface area contributed by atoms with Crippen LogP contribution in [0.2, 0.25) is 0 Å². The summed E-state index contributed by atoms with van der Waals surface area (Å²) in [5.74, 6) is 0.602. The molecule has 0 aliphatic carbocycles. The summed E-state index contributed by atoms with van der Waals surface area (Å²) in [6.07, 6.45) is 1.92. The summed E-state index contributed by atoms with van der Waals surface area (Å²) < 4.78 is 5.34. The van der Waals surface area contributed by atoms with Crippen LogP contribution in [0.15, 0.2) is 58.1 Å². The van der Waals surface area contributed by atoms with Gasteiger partial charge in [0.15, 0.2) is 11.5 Å². The van der Waals surface area contributed by atoms with Crippen LogP contribution in [0, 0.1) is 0 Å². The number of amides is 1. The number of hydrogen-bond donors (Lipinski definition) is 2. The molecule has 5 nitrogen and oxygen atoms in total. The molecule has 1 atom stereocenters. The van der Waals surface area contributed by atoms with Crippen LogP contribution < -0.4 is 11.1 Å². The number of nitrogens with one attached hydrogen (secondary N) is 1. The number of nitrogens with zero attached hydrogens (tertiary/aromatic N) is 1. The molecule has 0 unspecified atom stereocenters. The average Bonchev–Trinajstić information content (AvgIpc) is 3.00. The zero-order valence-electron chi connectivity index (χ0n) is 10.2. The highest BCUT2D eigenvalue weighted by molar-refractivity contribution is 6.07. The second-order valence-corrected chi connectivity index (χ2v) is 4.43. The number of carbonyl (C=O) groups is 1. The Balaban J connectivity index is 2.09. The highest BCUT2D eigenvalue weighted by Crippen LogP contribution is 2.33. The maximum Gasteiger partial charge on any atom is 0.259 e. The van der Waals surface area contributed by atoms with Crippen LogP contribution in [-0.2, 0) is 16.8 Å². The molecular weight excluding hydrogens is 242 g/mol. The Morgan fingerprint density at radius 2 is 2.00 bits per heavy atom. The Morgan fingerprint density at radius 3 is 2.58 bits per heavy atom. The first kappa shape index (κ1) is 11.5. The van der Waals surface area contributed by atoms with Gasteiger partial charge in [-0.2, -0.15) is 0 Å². The maximum atomic E-state index is 12.3. The van der Waals surface area contributed by atoms with Crippen molar-refractivity contribution in [3.05, 3.63) is 60.1 Å². The van der Waals surface area contributed by atoms with Crippen molar-refractivity contribution in [2.45, 2.75) is 12.0 Å². The van der Waals surface area contributed by atoms with Gasteiger partial charge in [-0.3, -0.25) is 10.1 Å². The van der Waals surface area contributed by atoms with E-state index in [1.165, 1.54) is 0 Å². The summed E-state index contributed by atoms with van der Waals surface area (Å²) in [6, 6.07) is 13.0. The number of guanidine groups is 1. The minimum absolute atomic E-state index is 0.139. The Hall–Kier alpha value is -2.56. The van der Waals surface area contributed by atoms with Gasteiger partial charge in [0.25, 0.3) is 5.91 Å². The summed E-state index contributed by atoms with van der Waals surface area (Å²) in [6.45, 7) is 0. The van der Waals surface area contributed by atoms with Crippen molar-refractivity contribution >= 4 is 11.9 Å². The van der Waals surface area contributed by atoms with Crippen LogP contribution >= 0.6 is 0 Å². The van der Waals surface area contributed by atoms with Gasteiger partial charge in [-0.15, -0.1) is 0 Å². The molecule has 3 rings (SSSR count). The Labute approximate surface area is 110 Å². The zero-order valence-corrected chi connectivity index (χ0v) is 10.2. The van der Waals surface area contributed by atoms with E-state index >= 15 is 0 Å². The molecule has 1 amide bonds. The van der Waals surface area contributed by atoms with E-state index in [1.807, 2.05) is 36.4 Å². The Morgan fingerprint density at radius 1 is 1.21 bits per heavy atom. The van der Waals surface area contributed by atoms with Crippen LogP contribution in [-0.4, -0.2) is 11.9 Å². The Bertz CT molecular complexity index is 619. The van der Waals surface area contributed by atoms with Gasteiger partial charge in [0.05, 0.1) is 6.26 Å². The van der Waals surface area contributed by atoms with Gasteiger partial charge in [-0.25, -0.2) is 4.99 Å². The standard InChI is InChI=1S/C14H13N3O2/c15-13-16-12(18)14(17-13,9-11-7-4-8-19-11)10-5-2-1-3-6-10/h1-8H,9H2,(H3,15,16,17,18)/t14-/m0/s1. The molecule has 1 aliphatic rings. The van der Waals surface area contributed by atoms with E-state index in [2.05, 4.69) is 10.3 Å². The highest BCUT2D eigenvalue weighted by atomic mass is 16.3. The van der Waals surface area contributed by atoms with Gasteiger partial charge in [-0.1, -0.05) is 30.3 Å². The Kier molecular flexibility index (Phi) is 2.59. The van der Waals surface area contributed by atoms with Gasteiger partial charge in [0.2, 0.25) is 0 Å². The first-order chi connectivity index (χ1) is 9.21. The second-order valence-electron chi connectivity index (χ2n) is 4.43. The third kappa shape index (κ3) is 1.89. The van der Waals surface area contributed by atoms with E-state index in [0.717, 1.165) is 5.56 Å². The van der Waals surface area contributed by atoms with E-state index in [9.17, 15) is 4.79 Å². The number of hydrogen-bond acceptors (Lipinski definition) is 4. The van der Waals surface area contributed by atoms with Crippen LogP contribution in [0.4, 0.5) is 0 Å². The fourth-order valence-corrected chi connectivity index (χ4v) is 2.30. The van der Waals surface area contributed by atoms with Gasteiger partial charge in [-0.05, 0) is 17.7 Å². The van der Waals surface area contributed by atoms with Crippen molar-refractivity contribution in [1.82, 2.24) is 5.32 Å². The minimum Gasteiger partial charge on any atom is -0.469 e. The molecule has 0 radical (unpaired) electrons. The van der Waals surface area contributed by atoms with Crippen molar-refractivity contribution in [3.8, 4) is 0 Å². The molecule has 19 heavy (non-hydrogen) atoms. The molecule has 2 aromatic rings. The number of nitrogens with two attached hydrogens (primary N) is 1. The molecule has 1 aromatic carbocycles. The third-order valence-corrected chi connectivity index (χ3v) is 3.19. The van der Waals surface area contributed by atoms with Gasteiger partial charge < -0.3 is 10.2 Å². The van der Waals surface area contributed by atoms with E-state index in [4.69, 9.17) is 10.2 Å². The molecule has 0 saturated carbocycles. The quantitative estimate of drug-likeness (QED) is 0.863. The van der Waals surface area contributed by atoms with Crippen LogP contribution in [0.25, 0.3) is 0 Å². The molecule has 1 aliphatic heterocycles. The van der Waals surface area contributed by atoms with E-state index in [1.54, 1.807) is 12.3 Å². The van der Waals surface area contributed by atoms with Crippen LogP contribution in [0.3, 0.4) is 0 Å². The molecule has 0 fully saturated rings.